The summed E-state index contributed by atoms with van der Waals surface area (Å²) < 4.78 is 2.07. The van der Waals surface area contributed by atoms with Gasteiger partial charge in [-0.1, -0.05) is 30.8 Å². The molecule has 0 saturated heterocycles. The van der Waals surface area contributed by atoms with E-state index in [1.54, 1.807) is 0 Å². The smallest absolute Gasteiger partial charge is 0.156 e. The lowest BCUT2D eigenvalue weighted by Gasteiger charge is -1.98. The fourth-order valence-corrected chi connectivity index (χ4v) is 2.41. The summed E-state index contributed by atoms with van der Waals surface area (Å²) in [6, 6.07) is 14.0. The van der Waals surface area contributed by atoms with E-state index >= 15 is 0 Å². The number of para-hydroxylation sites is 2. The number of hydrogen-bond acceptors (Lipinski definition) is 2. The molecule has 0 bridgehead atoms. The van der Waals surface area contributed by atoms with E-state index in [-0.39, 0.29) is 0 Å². The Balaban J connectivity index is 2.20. The standard InChI is InChI=1S/C16H11N3/c1-11-5-4-7-13-12(11)10-19-15-8-3-2-6-14(15)18-16(19)9-17-13/h2-10H,1H2. The number of nitrogens with zero attached hydrogens (tertiary/aromatic N) is 3. The van der Waals surface area contributed by atoms with Crippen LogP contribution in [0.15, 0.2) is 47.5 Å². The molecule has 2 heterocycles. The van der Waals surface area contributed by atoms with Crippen LogP contribution < -0.4 is 10.4 Å². The lowest BCUT2D eigenvalue weighted by molar-refractivity contribution is 1.15. The molecule has 90 valence electrons. The Labute approximate surface area is 109 Å². The van der Waals surface area contributed by atoms with Crippen LogP contribution in [0.3, 0.4) is 0 Å². The molecule has 0 spiro atoms. The molecule has 0 N–H and O–H groups in total. The summed E-state index contributed by atoms with van der Waals surface area (Å²) in [5, 5.41) is 2.01. The molecule has 2 aromatic carbocycles. The van der Waals surface area contributed by atoms with Gasteiger partial charge in [0.05, 0.1) is 22.9 Å². The molecule has 3 heteroatoms. The minimum absolute atomic E-state index is 0.844. The second-order valence-electron chi connectivity index (χ2n) is 4.57. The van der Waals surface area contributed by atoms with Crippen molar-refractivity contribution in [2.45, 2.75) is 0 Å². The summed E-state index contributed by atoms with van der Waals surface area (Å²) in [5.74, 6) is 0.844. The van der Waals surface area contributed by atoms with E-state index in [4.69, 9.17) is 0 Å². The Hall–Kier alpha value is -2.68. The minimum atomic E-state index is 0.844. The Kier molecular flexibility index (Phi) is 1.97. The van der Waals surface area contributed by atoms with E-state index in [0.29, 0.717) is 0 Å². The van der Waals surface area contributed by atoms with Crippen LogP contribution in [0.25, 0.3) is 23.8 Å². The number of imidazole rings is 1. The molecule has 0 fully saturated rings. The number of aliphatic imine (C=N–C) groups is 1. The predicted octanol–water partition coefficient (Wildman–Crippen LogP) is 1.80. The lowest BCUT2D eigenvalue weighted by atomic mass is 10.2. The molecule has 3 aromatic rings. The van der Waals surface area contributed by atoms with Gasteiger partial charge in [0.15, 0.2) is 5.82 Å². The summed E-state index contributed by atoms with van der Waals surface area (Å²) in [7, 11) is 0. The monoisotopic (exact) mass is 245 g/mol. The molecule has 0 radical (unpaired) electrons. The highest BCUT2D eigenvalue weighted by Gasteiger charge is 2.09. The highest BCUT2D eigenvalue weighted by atomic mass is 15.1. The molecule has 0 amide bonds. The van der Waals surface area contributed by atoms with Gasteiger partial charge in [0.25, 0.3) is 0 Å². The van der Waals surface area contributed by atoms with Crippen LogP contribution in [0.1, 0.15) is 5.82 Å². The zero-order valence-electron chi connectivity index (χ0n) is 10.2. The highest BCUT2D eigenvalue weighted by molar-refractivity contribution is 5.89. The summed E-state index contributed by atoms with van der Waals surface area (Å²) >= 11 is 0. The highest BCUT2D eigenvalue weighted by Crippen LogP contribution is 2.17. The fourth-order valence-electron chi connectivity index (χ4n) is 2.41. The van der Waals surface area contributed by atoms with Crippen molar-refractivity contribution in [3.8, 4) is 0 Å². The Bertz CT molecular complexity index is 932. The van der Waals surface area contributed by atoms with Crippen LogP contribution in [-0.4, -0.2) is 15.8 Å². The van der Waals surface area contributed by atoms with Gasteiger partial charge in [-0.2, -0.15) is 0 Å². The van der Waals surface area contributed by atoms with E-state index in [2.05, 4.69) is 33.4 Å². The quantitative estimate of drug-likeness (QED) is 0.464. The maximum atomic E-state index is 4.59. The zero-order valence-corrected chi connectivity index (χ0v) is 10.2. The van der Waals surface area contributed by atoms with Gasteiger partial charge in [0, 0.05) is 11.4 Å². The predicted molar refractivity (Wildman–Crippen MR) is 78.1 cm³/mol. The van der Waals surface area contributed by atoms with Crippen LogP contribution in [0.2, 0.25) is 0 Å². The molecule has 0 atom stereocenters. The van der Waals surface area contributed by atoms with Crippen LogP contribution in [0, 0.1) is 0 Å². The van der Waals surface area contributed by atoms with E-state index in [9.17, 15) is 0 Å². The van der Waals surface area contributed by atoms with E-state index in [0.717, 1.165) is 33.0 Å². The van der Waals surface area contributed by atoms with Gasteiger partial charge >= 0.3 is 0 Å². The maximum absolute atomic E-state index is 4.59. The number of aromatic nitrogens is 2. The first-order valence-electron chi connectivity index (χ1n) is 6.14. The maximum Gasteiger partial charge on any atom is 0.156 e. The summed E-state index contributed by atoms with van der Waals surface area (Å²) in [5.41, 5.74) is 2.99. The second kappa shape index (κ2) is 3.65. The van der Waals surface area contributed by atoms with Crippen LogP contribution in [0.5, 0.6) is 0 Å². The normalized spacial score (nSPS) is 12.6. The Morgan fingerprint density at radius 2 is 1.89 bits per heavy atom. The number of hydrogen-bond donors (Lipinski definition) is 0. The molecule has 0 saturated carbocycles. The van der Waals surface area contributed by atoms with Crippen molar-refractivity contribution in [2.75, 3.05) is 0 Å². The summed E-state index contributed by atoms with van der Waals surface area (Å²) in [6.07, 6.45) is 3.87. The van der Waals surface area contributed by atoms with Gasteiger partial charge in [-0.05, 0) is 23.4 Å². The van der Waals surface area contributed by atoms with Crippen molar-refractivity contribution in [3.63, 3.8) is 0 Å². The number of rotatable bonds is 0. The van der Waals surface area contributed by atoms with Crippen molar-refractivity contribution in [1.29, 1.82) is 0 Å². The zero-order chi connectivity index (χ0) is 12.8. The topological polar surface area (TPSA) is 30.2 Å². The summed E-state index contributed by atoms with van der Waals surface area (Å²) in [4.78, 5) is 9.09. The van der Waals surface area contributed by atoms with Crippen molar-refractivity contribution in [1.82, 2.24) is 9.55 Å². The minimum Gasteiger partial charge on any atom is -0.298 e. The molecule has 4 rings (SSSR count). The molecular weight excluding hydrogens is 234 g/mol. The van der Waals surface area contributed by atoms with E-state index < -0.39 is 0 Å². The van der Waals surface area contributed by atoms with Gasteiger partial charge in [-0.15, -0.1) is 0 Å². The van der Waals surface area contributed by atoms with Crippen molar-refractivity contribution in [3.05, 3.63) is 58.7 Å². The molecule has 0 unspecified atom stereocenters. The first-order valence-corrected chi connectivity index (χ1v) is 6.14. The van der Waals surface area contributed by atoms with Gasteiger partial charge in [0.1, 0.15) is 0 Å². The first kappa shape index (κ1) is 10.3. The van der Waals surface area contributed by atoms with E-state index in [1.165, 1.54) is 0 Å². The van der Waals surface area contributed by atoms with Gasteiger partial charge in [-0.25, -0.2) is 4.98 Å². The fraction of sp³-hybridized carbons (Fsp3) is 0. The molecular formula is C16H11N3. The Morgan fingerprint density at radius 3 is 2.84 bits per heavy atom. The van der Waals surface area contributed by atoms with Crippen molar-refractivity contribution >= 4 is 35.7 Å². The third kappa shape index (κ3) is 1.45. The largest absolute Gasteiger partial charge is 0.298 e. The lowest BCUT2D eigenvalue weighted by Crippen LogP contribution is -2.23. The van der Waals surface area contributed by atoms with Gasteiger partial charge in [0.2, 0.25) is 0 Å². The van der Waals surface area contributed by atoms with Gasteiger partial charge < -0.3 is 0 Å². The van der Waals surface area contributed by atoms with Crippen LogP contribution in [-0.2, 0) is 0 Å². The molecule has 1 aliphatic heterocycles. The molecule has 1 aromatic heterocycles. The number of benzene rings is 2. The van der Waals surface area contributed by atoms with Crippen LogP contribution in [0.4, 0.5) is 5.69 Å². The van der Waals surface area contributed by atoms with Crippen molar-refractivity contribution < 1.29 is 0 Å². The molecule has 19 heavy (non-hydrogen) atoms. The average Bonchev–Trinajstić information content (AvgIpc) is 2.67. The first-order chi connectivity index (χ1) is 9.33. The SMILES string of the molecule is C=c1cccc2c1=Cn1c(nc3ccccc31)C=N2. The van der Waals surface area contributed by atoms with Crippen LogP contribution >= 0.6 is 0 Å². The van der Waals surface area contributed by atoms with Gasteiger partial charge in [-0.3, -0.25) is 9.56 Å². The van der Waals surface area contributed by atoms with E-state index in [1.807, 2.05) is 42.6 Å². The second-order valence-corrected chi connectivity index (χ2v) is 4.57. The third-order valence-corrected chi connectivity index (χ3v) is 3.37. The Morgan fingerprint density at radius 1 is 1.00 bits per heavy atom. The number of fused-ring (bicyclic) bond motifs is 4. The third-order valence-electron chi connectivity index (χ3n) is 3.37. The molecule has 3 nitrogen and oxygen atoms in total. The molecule has 1 aliphatic rings. The average molecular weight is 245 g/mol. The summed E-state index contributed by atoms with van der Waals surface area (Å²) in [6.45, 7) is 4.07. The molecule has 0 aliphatic carbocycles. The van der Waals surface area contributed by atoms with Crippen molar-refractivity contribution in [2.24, 2.45) is 4.99 Å².